The van der Waals surface area contributed by atoms with E-state index < -0.39 is 5.97 Å². The summed E-state index contributed by atoms with van der Waals surface area (Å²) in [6, 6.07) is 22.0. The van der Waals surface area contributed by atoms with Crippen LogP contribution in [0.15, 0.2) is 72.8 Å². The van der Waals surface area contributed by atoms with Gasteiger partial charge in [-0.1, -0.05) is 48.5 Å². The van der Waals surface area contributed by atoms with Gasteiger partial charge in [-0.05, 0) is 29.8 Å². The monoisotopic (exact) mass is 390 g/mol. The Bertz CT molecular complexity index is 1030. The van der Waals surface area contributed by atoms with Crippen LogP contribution in [0, 0.1) is 0 Å². The van der Waals surface area contributed by atoms with Crippen molar-refractivity contribution in [1.29, 1.82) is 0 Å². The van der Waals surface area contributed by atoms with Crippen molar-refractivity contribution < 1.29 is 28.5 Å². The molecule has 0 saturated heterocycles. The Morgan fingerprint density at radius 2 is 1.59 bits per heavy atom. The van der Waals surface area contributed by atoms with Gasteiger partial charge >= 0.3 is 5.97 Å². The summed E-state index contributed by atoms with van der Waals surface area (Å²) in [6.07, 6.45) is 0. The number of carbonyl (C=O) groups is 2. The smallest absolute Gasteiger partial charge is 0.344 e. The Hall–Kier alpha value is -3.80. The van der Waals surface area contributed by atoms with Crippen LogP contribution in [-0.4, -0.2) is 31.8 Å². The summed E-state index contributed by atoms with van der Waals surface area (Å²) >= 11 is 0. The number of ether oxygens (including phenoxy) is 4. The third-order valence-electron chi connectivity index (χ3n) is 4.38. The number of Topliss-reactive ketones (excluding diaryl/α,β-unsaturated/α-hetero) is 1. The largest absolute Gasteiger partial charge is 0.481 e. The third kappa shape index (κ3) is 4.38. The number of ketones is 1. The van der Waals surface area contributed by atoms with Crippen LogP contribution in [0.3, 0.4) is 0 Å². The van der Waals surface area contributed by atoms with E-state index in [9.17, 15) is 9.59 Å². The minimum Gasteiger partial charge on any atom is -0.481 e. The highest BCUT2D eigenvalue weighted by Gasteiger charge is 2.17. The summed E-state index contributed by atoms with van der Waals surface area (Å²) in [5.74, 6) is 0.702. The molecule has 6 heteroatoms. The van der Waals surface area contributed by atoms with Gasteiger partial charge in [-0.25, -0.2) is 4.79 Å². The molecule has 1 heterocycles. The number of benzene rings is 3. The molecule has 3 aromatic rings. The predicted octanol–water partition coefficient (Wildman–Crippen LogP) is 3.89. The number of carbonyl (C=O) groups excluding carboxylic acids is 2. The lowest BCUT2D eigenvalue weighted by molar-refractivity contribution is -0.144. The van der Waals surface area contributed by atoms with Crippen molar-refractivity contribution in [2.45, 2.75) is 0 Å². The van der Waals surface area contributed by atoms with Crippen molar-refractivity contribution in [2.75, 3.05) is 20.0 Å². The normalized spacial score (nSPS) is 11.7. The van der Waals surface area contributed by atoms with E-state index in [1.54, 1.807) is 24.3 Å². The van der Waals surface area contributed by atoms with E-state index in [4.69, 9.17) is 18.9 Å². The molecule has 1 aliphatic rings. The van der Waals surface area contributed by atoms with E-state index in [1.165, 1.54) is 0 Å². The zero-order chi connectivity index (χ0) is 20.1. The Kier molecular flexibility index (Phi) is 5.42. The van der Waals surface area contributed by atoms with Gasteiger partial charge in [-0.3, -0.25) is 4.79 Å². The highest BCUT2D eigenvalue weighted by atomic mass is 16.7. The number of rotatable bonds is 7. The first-order valence-electron chi connectivity index (χ1n) is 9.06. The molecule has 0 saturated carbocycles. The predicted molar refractivity (Wildman–Crippen MR) is 105 cm³/mol. The molecular formula is C23H18O6. The van der Waals surface area contributed by atoms with Crippen LogP contribution in [0.5, 0.6) is 17.2 Å². The minimum atomic E-state index is -0.623. The molecule has 0 bridgehead atoms. The van der Waals surface area contributed by atoms with Crippen molar-refractivity contribution in [1.82, 2.24) is 0 Å². The highest BCUT2D eigenvalue weighted by molar-refractivity contribution is 5.98. The Morgan fingerprint density at radius 1 is 0.828 bits per heavy atom. The van der Waals surface area contributed by atoms with E-state index in [-0.39, 0.29) is 25.8 Å². The first kappa shape index (κ1) is 18.6. The quantitative estimate of drug-likeness (QED) is 0.450. The topological polar surface area (TPSA) is 71.1 Å². The standard InChI is InChI=1S/C23H18O6/c24-19(17-10-11-21-22(12-17)29-15-28-21)13-27-23(25)14-26-20-9-5-4-8-18(20)16-6-2-1-3-7-16/h1-12H,13-15H2. The van der Waals surface area contributed by atoms with Crippen molar-refractivity contribution in [3.05, 3.63) is 78.4 Å². The fourth-order valence-electron chi connectivity index (χ4n) is 2.93. The van der Waals surface area contributed by atoms with Gasteiger partial charge in [-0.2, -0.15) is 0 Å². The molecule has 1 aliphatic heterocycles. The van der Waals surface area contributed by atoms with Crippen LogP contribution in [0.4, 0.5) is 0 Å². The molecule has 29 heavy (non-hydrogen) atoms. The second-order valence-electron chi connectivity index (χ2n) is 6.30. The van der Waals surface area contributed by atoms with Crippen molar-refractivity contribution in [3.8, 4) is 28.4 Å². The molecule has 4 rings (SSSR count). The fourth-order valence-corrected chi connectivity index (χ4v) is 2.93. The van der Waals surface area contributed by atoms with Gasteiger partial charge in [0.05, 0.1) is 0 Å². The van der Waals surface area contributed by atoms with Crippen LogP contribution in [0.1, 0.15) is 10.4 Å². The third-order valence-corrected chi connectivity index (χ3v) is 4.38. The Labute approximate surface area is 167 Å². The molecule has 6 nitrogen and oxygen atoms in total. The molecule has 0 spiro atoms. The van der Waals surface area contributed by atoms with Crippen LogP contribution >= 0.6 is 0 Å². The summed E-state index contributed by atoms with van der Waals surface area (Å²) in [5, 5.41) is 0. The van der Waals surface area contributed by atoms with Crippen molar-refractivity contribution in [3.63, 3.8) is 0 Å². The lowest BCUT2D eigenvalue weighted by Crippen LogP contribution is -2.19. The van der Waals surface area contributed by atoms with Gasteiger partial charge in [0, 0.05) is 11.1 Å². The maximum absolute atomic E-state index is 12.2. The summed E-state index contributed by atoms with van der Waals surface area (Å²) in [7, 11) is 0. The average molecular weight is 390 g/mol. The maximum Gasteiger partial charge on any atom is 0.344 e. The molecule has 3 aromatic carbocycles. The van der Waals surface area contributed by atoms with Gasteiger partial charge in [-0.15, -0.1) is 0 Å². The van der Waals surface area contributed by atoms with Crippen molar-refractivity contribution >= 4 is 11.8 Å². The second kappa shape index (κ2) is 8.48. The van der Waals surface area contributed by atoms with Crippen LogP contribution in [-0.2, 0) is 9.53 Å². The Morgan fingerprint density at radius 3 is 2.45 bits per heavy atom. The highest BCUT2D eigenvalue weighted by Crippen LogP contribution is 2.32. The average Bonchev–Trinajstić information content (AvgIpc) is 3.25. The van der Waals surface area contributed by atoms with Gasteiger partial charge in [0.2, 0.25) is 6.79 Å². The zero-order valence-corrected chi connectivity index (χ0v) is 15.5. The van der Waals surface area contributed by atoms with Gasteiger partial charge < -0.3 is 18.9 Å². The minimum absolute atomic E-state index is 0.129. The van der Waals surface area contributed by atoms with E-state index in [2.05, 4.69) is 0 Å². The SMILES string of the molecule is O=C(COc1ccccc1-c1ccccc1)OCC(=O)c1ccc2c(c1)OCO2. The zero-order valence-electron chi connectivity index (χ0n) is 15.5. The van der Waals surface area contributed by atoms with E-state index in [1.807, 2.05) is 48.5 Å². The first-order valence-corrected chi connectivity index (χ1v) is 9.06. The number of hydrogen-bond donors (Lipinski definition) is 0. The van der Waals surface area contributed by atoms with Gasteiger partial charge in [0.25, 0.3) is 0 Å². The first-order chi connectivity index (χ1) is 14.2. The lowest BCUT2D eigenvalue weighted by Gasteiger charge is -2.11. The van der Waals surface area contributed by atoms with Gasteiger partial charge in [0.1, 0.15) is 5.75 Å². The summed E-state index contributed by atoms with van der Waals surface area (Å²) < 4.78 is 21.1. The lowest BCUT2D eigenvalue weighted by atomic mass is 10.1. The molecule has 0 radical (unpaired) electrons. The van der Waals surface area contributed by atoms with Crippen molar-refractivity contribution in [2.24, 2.45) is 0 Å². The molecule has 0 aliphatic carbocycles. The number of hydrogen-bond acceptors (Lipinski definition) is 6. The molecule has 0 amide bonds. The molecule has 0 unspecified atom stereocenters. The number of esters is 1. The number of fused-ring (bicyclic) bond motifs is 1. The molecule has 0 N–H and O–H groups in total. The Balaban J connectivity index is 1.32. The molecular weight excluding hydrogens is 372 g/mol. The second-order valence-corrected chi connectivity index (χ2v) is 6.30. The van der Waals surface area contributed by atoms with E-state index in [0.29, 0.717) is 22.8 Å². The van der Waals surface area contributed by atoms with Crippen LogP contribution in [0.25, 0.3) is 11.1 Å². The number of para-hydroxylation sites is 1. The van der Waals surface area contributed by atoms with E-state index >= 15 is 0 Å². The fraction of sp³-hybridized carbons (Fsp3) is 0.130. The molecule has 146 valence electrons. The van der Waals surface area contributed by atoms with E-state index in [0.717, 1.165) is 11.1 Å². The summed E-state index contributed by atoms with van der Waals surface area (Å²) in [6.45, 7) is -0.538. The molecule has 0 aromatic heterocycles. The molecule has 0 atom stereocenters. The summed E-state index contributed by atoms with van der Waals surface area (Å²) in [5.41, 5.74) is 2.24. The summed E-state index contributed by atoms with van der Waals surface area (Å²) in [4.78, 5) is 24.3. The maximum atomic E-state index is 12.2. The van der Waals surface area contributed by atoms with Gasteiger partial charge in [0.15, 0.2) is 30.5 Å². The van der Waals surface area contributed by atoms with Crippen LogP contribution in [0.2, 0.25) is 0 Å². The van der Waals surface area contributed by atoms with Crippen LogP contribution < -0.4 is 14.2 Å². The molecule has 0 fully saturated rings.